The van der Waals surface area contributed by atoms with E-state index in [1.807, 2.05) is 12.2 Å². The van der Waals surface area contributed by atoms with Gasteiger partial charge in [0.2, 0.25) is 0 Å². The summed E-state index contributed by atoms with van der Waals surface area (Å²) in [4.78, 5) is 0. The number of nitrogens with two attached hydrogens (primary N) is 1. The van der Waals surface area contributed by atoms with Crippen LogP contribution >= 0.6 is 0 Å². The predicted molar refractivity (Wildman–Crippen MR) is 45.0 cm³/mol. The normalized spacial score (nSPS) is 29.3. The lowest BCUT2D eigenvalue weighted by molar-refractivity contribution is 0.212. The smallest absolute Gasteiger partial charge is 0.132 e. The second-order valence-corrected chi connectivity index (χ2v) is 2.92. The number of allylic oxidation sites excluding steroid dienone is 4. The molecule has 0 spiro atoms. The van der Waals surface area contributed by atoms with Crippen LogP contribution in [0.3, 0.4) is 0 Å². The molecule has 0 aromatic rings. The summed E-state index contributed by atoms with van der Waals surface area (Å²) in [6.07, 6.45) is 8.93. The highest BCUT2D eigenvalue weighted by Gasteiger charge is 2.24. The van der Waals surface area contributed by atoms with Gasteiger partial charge in [-0.1, -0.05) is 18.2 Å². The summed E-state index contributed by atoms with van der Waals surface area (Å²) in [6, 6.07) is 0. The van der Waals surface area contributed by atoms with Crippen molar-refractivity contribution >= 4 is 0 Å². The molecule has 62 valence electrons. The van der Waals surface area contributed by atoms with Crippen LogP contribution in [0.5, 0.6) is 0 Å². The Hall–Kier alpha value is -0.630. The molecule has 0 saturated carbocycles. The molecule has 1 atom stereocenters. The standard InChI is InChI=1S/C9H14FN/c10-9(7-4-8-11)5-2-1-3-6-9/h1-3,5H,4,6-8,11H2. The quantitative estimate of drug-likeness (QED) is 0.662. The van der Waals surface area contributed by atoms with Gasteiger partial charge in [-0.3, -0.25) is 0 Å². The molecule has 11 heavy (non-hydrogen) atoms. The van der Waals surface area contributed by atoms with Crippen LogP contribution in [0.2, 0.25) is 0 Å². The van der Waals surface area contributed by atoms with Gasteiger partial charge in [-0.05, 0) is 25.5 Å². The van der Waals surface area contributed by atoms with Gasteiger partial charge in [0.25, 0.3) is 0 Å². The van der Waals surface area contributed by atoms with Crippen molar-refractivity contribution in [2.45, 2.75) is 24.9 Å². The number of halogens is 1. The average Bonchev–Trinajstić information content (AvgIpc) is 2.03. The first kappa shape index (κ1) is 8.47. The Morgan fingerprint density at radius 2 is 2.27 bits per heavy atom. The molecule has 1 aliphatic carbocycles. The molecule has 1 unspecified atom stereocenters. The second-order valence-electron chi connectivity index (χ2n) is 2.92. The van der Waals surface area contributed by atoms with E-state index < -0.39 is 5.67 Å². The Morgan fingerprint density at radius 1 is 1.45 bits per heavy atom. The van der Waals surface area contributed by atoms with Gasteiger partial charge in [0.1, 0.15) is 5.67 Å². The van der Waals surface area contributed by atoms with E-state index in [1.165, 1.54) is 0 Å². The minimum absolute atomic E-state index is 0.503. The number of alkyl halides is 1. The van der Waals surface area contributed by atoms with E-state index in [1.54, 1.807) is 12.2 Å². The van der Waals surface area contributed by atoms with Crippen molar-refractivity contribution in [1.82, 2.24) is 0 Å². The molecule has 0 aliphatic heterocycles. The minimum atomic E-state index is -1.12. The maximum absolute atomic E-state index is 13.6. The van der Waals surface area contributed by atoms with E-state index in [-0.39, 0.29) is 0 Å². The maximum Gasteiger partial charge on any atom is 0.132 e. The van der Waals surface area contributed by atoms with Gasteiger partial charge in [-0.15, -0.1) is 0 Å². The zero-order valence-electron chi connectivity index (χ0n) is 6.59. The third-order valence-electron chi connectivity index (χ3n) is 1.90. The van der Waals surface area contributed by atoms with Gasteiger partial charge in [0.15, 0.2) is 0 Å². The summed E-state index contributed by atoms with van der Waals surface area (Å²) in [5.74, 6) is 0. The number of hydrogen-bond donors (Lipinski definition) is 1. The van der Waals surface area contributed by atoms with Crippen LogP contribution < -0.4 is 5.73 Å². The fraction of sp³-hybridized carbons (Fsp3) is 0.556. The highest BCUT2D eigenvalue weighted by atomic mass is 19.1. The van der Waals surface area contributed by atoms with Crippen molar-refractivity contribution in [3.05, 3.63) is 24.3 Å². The molecule has 0 fully saturated rings. The van der Waals surface area contributed by atoms with Gasteiger partial charge in [0.05, 0.1) is 0 Å². The van der Waals surface area contributed by atoms with E-state index in [9.17, 15) is 4.39 Å². The van der Waals surface area contributed by atoms with Crippen molar-refractivity contribution in [3.63, 3.8) is 0 Å². The van der Waals surface area contributed by atoms with Crippen molar-refractivity contribution in [2.75, 3.05) is 6.54 Å². The highest BCUT2D eigenvalue weighted by molar-refractivity contribution is 5.17. The Kier molecular flexibility index (Phi) is 2.83. The van der Waals surface area contributed by atoms with E-state index in [0.29, 0.717) is 19.4 Å². The SMILES string of the molecule is NCCCC1(F)C=CC=CC1. The van der Waals surface area contributed by atoms with Crippen LogP contribution in [-0.2, 0) is 0 Å². The third kappa shape index (κ3) is 2.46. The summed E-state index contributed by atoms with van der Waals surface area (Å²) >= 11 is 0. The molecule has 1 aliphatic rings. The Bertz CT molecular complexity index is 174. The molecule has 2 heteroatoms. The summed E-state index contributed by atoms with van der Waals surface area (Å²) in [6.45, 7) is 0.573. The lowest BCUT2D eigenvalue weighted by Crippen LogP contribution is -2.21. The fourth-order valence-electron chi connectivity index (χ4n) is 1.22. The zero-order valence-corrected chi connectivity index (χ0v) is 6.59. The van der Waals surface area contributed by atoms with E-state index in [4.69, 9.17) is 5.73 Å². The Morgan fingerprint density at radius 3 is 2.82 bits per heavy atom. The monoisotopic (exact) mass is 155 g/mol. The van der Waals surface area contributed by atoms with Crippen LogP contribution in [0.25, 0.3) is 0 Å². The van der Waals surface area contributed by atoms with Crippen molar-refractivity contribution < 1.29 is 4.39 Å². The molecule has 0 aromatic carbocycles. The van der Waals surface area contributed by atoms with Crippen LogP contribution in [0.1, 0.15) is 19.3 Å². The molecular weight excluding hydrogens is 141 g/mol. The van der Waals surface area contributed by atoms with Crippen LogP contribution in [-0.4, -0.2) is 12.2 Å². The van der Waals surface area contributed by atoms with Gasteiger partial charge >= 0.3 is 0 Å². The molecule has 0 heterocycles. The Labute approximate surface area is 66.8 Å². The van der Waals surface area contributed by atoms with Crippen LogP contribution in [0, 0.1) is 0 Å². The topological polar surface area (TPSA) is 26.0 Å². The second kappa shape index (κ2) is 3.67. The molecular formula is C9H14FN. The largest absolute Gasteiger partial charge is 0.330 e. The lowest BCUT2D eigenvalue weighted by Gasteiger charge is -2.21. The summed E-state index contributed by atoms with van der Waals surface area (Å²) < 4.78 is 13.6. The van der Waals surface area contributed by atoms with E-state index >= 15 is 0 Å². The van der Waals surface area contributed by atoms with Gasteiger partial charge in [-0.25, -0.2) is 4.39 Å². The molecule has 0 radical (unpaired) electrons. The van der Waals surface area contributed by atoms with Crippen LogP contribution in [0.4, 0.5) is 4.39 Å². The lowest BCUT2D eigenvalue weighted by atomic mass is 9.92. The van der Waals surface area contributed by atoms with Crippen molar-refractivity contribution in [1.29, 1.82) is 0 Å². The van der Waals surface area contributed by atoms with E-state index in [2.05, 4.69) is 0 Å². The number of hydrogen-bond acceptors (Lipinski definition) is 1. The van der Waals surface area contributed by atoms with Gasteiger partial charge in [-0.2, -0.15) is 0 Å². The van der Waals surface area contributed by atoms with Gasteiger partial charge < -0.3 is 5.73 Å². The van der Waals surface area contributed by atoms with Crippen LogP contribution in [0.15, 0.2) is 24.3 Å². The van der Waals surface area contributed by atoms with Crippen molar-refractivity contribution in [2.24, 2.45) is 5.73 Å². The van der Waals surface area contributed by atoms with Crippen molar-refractivity contribution in [3.8, 4) is 0 Å². The predicted octanol–water partition coefficient (Wildman–Crippen LogP) is 1.95. The van der Waals surface area contributed by atoms with Gasteiger partial charge in [0, 0.05) is 6.42 Å². The summed E-state index contributed by atoms with van der Waals surface area (Å²) in [5, 5.41) is 0. The first-order valence-electron chi connectivity index (χ1n) is 4.00. The zero-order chi connectivity index (χ0) is 8.16. The molecule has 2 N–H and O–H groups in total. The van der Waals surface area contributed by atoms with E-state index in [0.717, 1.165) is 6.42 Å². The highest BCUT2D eigenvalue weighted by Crippen LogP contribution is 2.27. The molecule has 0 bridgehead atoms. The first-order valence-corrected chi connectivity index (χ1v) is 4.00. The summed E-state index contributed by atoms with van der Waals surface area (Å²) in [5.41, 5.74) is 4.18. The molecule has 0 aromatic heterocycles. The number of rotatable bonds is 3. The minimum Gasteiger partial charge on any atom is -0.330 e. The first-order chi connectivity index (χ1) is 5.27. The fourth-order valence-corrected chi connectivity index (χ4v) is 1.22. The molecule has 0 saturated heterocycles. The maximum atomic E-state index is 13.6. The Balaban J connectivity index is 2.40. The third-order valence-corrected chi connectivity index (χ3v) is 1.90. The molecule has 1 rings (SSSR count). The molecule has 1 nitrogen and oxygen atoms in total. The molecule has 0 amide bonds. The average molecular weight is 155 g/mol. The summed E-state index contributed by atoms with van der Waals surface area (Å²) in [7, 11) is 0.